The number of carbonyl (C=O) groups is 1. The van der Waals surface area contributed by atoms with Crippen molar-refractivity contribution in [2.24, 2.45) is 0 Å². The monoisotopic (exact) mass is 390 g/mol. The number of anilines is 1. The van der Waals surface area contributed by atoms with Gasteiger partial charge in [0.25, 0.3) is 5.91 Å². The van der Waals surface area contributed by atoms with Crippen LogP contribution in [0.25, 0.3) is 0 Å². The summed E-state index contributed by atoms with van der Waals surface area (Å²) in [7, 11) is 1.65. The van der Waals surface area contributed by atoms with Gasteiger partial charge in [-0.2, -0.15) is 0 Å². The van der Waals surface area contributed by atoms with Gasteiger partial charge in [0.1, 0.15) is 11.4 Å². The molecule has 0 saturated carbocycles. The maximum absolute atomic E-state index is 12.6. The largest absolute Gasteiger partial charge is 0.496 e. The maximum Gasteiger partial charge on any atom is 0.270 e. The van der Waals surface area contributed by atoms with Crippen LogP contribution >= 0.6 is 0 Å². The van der Waals surface area contributed by atoms with Gasteiger partial charge in [0.2, 0.25) is 5.95 Å². The average molecular weight is 390 g/mol. The van der Waals surface area contributed by atoms with Crippen LogP contribution in [0.3, 0.4) is 0 Å². The fraction of sp³-hybridized carbons (Fsp3) is 0.261. The smallest absolute Gasteiger partial charge is 0.270 e. The van der Waals surface area contributed by atoms with E-state index in [1.165, 1.54) is 5.56 Å². The molecule has 1 amide bonds. The van der Waals surface area contributed by atoms with Gasteiger partial charge in [0.15, 0.2) is 0 Å². The number of ether oxygens (including phenoxy) is 1. The zero-order chi connectivity index (χ0) is 20.5. The number of benzene rings is 2. The van der Waals surface area contributed by atoms with E-state index in [0.29, 0.717) is 31.2 Å². The van der Waals surface area contributed by atoms with Crippen LogP contribution in [0.2, 0.25) is 0 Å². The summed E-state index contributed by atoms with van der Waals surface area (Å²) >= 11 is 0. The molecule has 150 valence electrons. The lowest BCUT2D eigenvalue weighted by Crippen LogP contribution is -2.29. The van der Waals surface area contributed by atoms with Crippen molar-refractivity contribution in [3.05, 3.63) is 83.7 Å². The van der Waals surface area contributed by atoms with Crippen molar-refractivity contribution < 1.29 is 9.53 Å². The van der Waals surface area contributed by atoms with Gasteiger partial charge in [-0.3, -0.25) is 4.79 Å². The quantitative estimate of drug-likeness (QED) is 0.606. The van der Waals surface area contributed by atoms with Gasteiger partial charge in [0, 0.05) is 25.8 Å². The highest BCUT2D eigenvalue weighted by atomic mass is 16.5. The van der Waals surface area contributed by atoms with Crippen LogP contribution in [-0.4, -0.2) is 36.1 Å². The molecule has 6 nitrogen and oxygen atoms in total. The molecule has 3 rings (SSSR count). The number of methoxy groups -OCH3 is 1. The van der Waals surface area contributed by atoms with Crippen molar-refractivity contribution >= 4 is 11.9 Å². The molecule has 0 radical (unpaired) electrons. The van der Waals surface area contributed by atoms with Crippen LogP contribution in [0.4, 0.5) is 5.95 Å². The van der Waals surface area contributed by atoms with Crippen LogP contribution in [0.5, 0.6) is 5.75 Å². The normalized spacial score (nSPS) is 10.4. The summed E-state index contributed by atoms with van der Waals surface area (Å²) < 4.78 is 5.35. The highest BCUT2D eigenvalue weighted by Crippen LogP contribution is 2.17. The lowest BCUT2D eigenvalue weighted by molar-refractivity contribution is 0.0949. The van der Waals surface area contributed by atoms with E-state index in [1.807, 2.05) is 54.3 Å². The van der Waals surface area contributed by atoms with Gasteiger partial charge in [-0.05, 0) is 36.6 Å². The molecule has 0 unspecified atom stereocenters. The third-order valence-corrected chi connectivity index (χ3v) is 4.63. The summed E-state index contributed by atoms with van der Waals surface area (Å²) in [6.07, 6.45) is 2.31. The first-order chi connectivity index (χ1) is 14.2. The number of nitrogens with one attached hydrogen (secondary N) is 1. The first kappa shape index (κ1) is 20.3. The Bertz CT molecular complexity index is 931. The Morgan fingerprint density at radius 3 is 2.59 bits per heavy atom. The Morgan fingerprint density at radius 2 is 1.83 bits per heavy atom. The predicted molar refractivity (Wildman–Crippen MR) is 114 cm³/mol. The second-order valence-corrected chi connectivity index (χ2v) is 6.56. The molecular formula is C23H26N4O2. The summed E-state index contributed by atoms with van der Waals surface area (Å²) in [5.41, 5.74) is 2.59. The van der Waals surface area contributed by atoms with E-state index in [2.05, 4.69) is 27.4 Å². The molecule has 1 aromatic heterocycles. The van der Waals surface area contributed by atoms with Crippen LogP contribution in [0, 0.1) is 0 Å². The summed E-state index contributed by atoms with van der Waals surface area (Å²) in [5.74, 6) is 1.17. The molecule has 0 saturated heterocycles. The molecule has 0 aliphatic heterocycles. The molecule has 1 heterocycles. The van der Waals surface area contributed by atoms with E-state index in [1.54, 1.807) is 19.4 Å². The van der Waals surface area contributed by atoms with E-state index >= 15 is 0 Å². The number of aromatic nitrogens is 2. The third-order valence-electron chi connectivity index (χ3n) is 4.63. The van der Waals surface area contributed by atoms with Gasteiger partial charge in [-0.25, -0.2) is 9.97 Å². The third kappa shape index (κ3) is 5.54. The first-order valence-corrected chi connectivity index (χ1v) is 9.73. The Hall–Kier alpha value is -3.41. The van der Waals surface area contributed by atoms with Crippen molar-refractivity contribution in [2.75, 3.05) is 25.1 Å². The molecule has 0 bridgehead atoms. The molecular weight excluding hydrogens is 364 g/mol. The number of rotatable bonds is 9. The summed E-state index contributed by atoms with van der Waals surface area (Å²) in [6.45, 7) is 3.98. The minimum atomic E-state index is -0.209. The van der Waals surface area contributed by atoms with E-state index < -0.39 is 0 Å². The van der Waals surface area contributed by atoms with Crippen molar-refractivity contribution in [1.82, 2.24) is 15.3 Å². The topological polar surface area (TPSA) is 67.4 Å². The molecule has 0 spiro atoms. The van der Waals surface area contributed by atoms with Crippen LogP contribution < -0.4 is 15.0 Å². The van der Waals surface area contributed by atoms with Crippen molar-refractivity contribution in [2.45, 2.75) is 19.9 Å². The van der Waals surface area contributed by atoms with Crippen LogP contribution in [-0.2, 0) is 13.0 Å². The first-order valence-electron chi connectivity index (χ1n) is 9.73. The molecule has 0 fully saturated rings. The average Bonchev–Trinajstić information content (AvgIpc) is 2.78. The Labute approximate surface area is 171 Å². The number of nitrogens with zero attached hydrogens (tertiary/aromatic N) is 3. The molecule has 29 heavy (non-hydrogen) atoms. The second kappa shape index (κ2) is 10.2. The number of hydrogen-bond acceptors (Lipinski definition) is 5. The highest BCUT2D eigenvalue weighted by Gasteiger charge is 2.13. The number of amides is 1. The summed E-state index contributed by atoms with van der Waals surface area (Å²) in [6, 6.07) is 19.6. The lowest BCUT2D eigenvalue weighted by atomic mass is 10.1. The molecule has 0 aliphatic carbocycles. The van der Waals surface area contributed by atoms with Gasteiger partial charge < -0.3 is 15.0 Å². The molecule has 2 aromatic carbocycles. The maximum atomic E-state index is 12.6. The van der Waals surface area contributed by atoms with E-state index in [9.17, 15) is 4.79 Å². The molecule has 0 aliphatic rings. The minimum Gasteiger partial charge on any atom is -0.496 e. The molecule has 3 aromatic rings. The Balaban J connectivity index is 1.62. The van der Waals surface area contributed by atoms with Crippen molar-refractivity contribution in [3.8, 4) is 5.75 Å². The molecule has 0 atom stereocenters. The van der Waals surface area contributed by atoms with Gasteiger partial charge in [0.05, 0.1) is 7.11 Å². The second-order valence-electron chi connectivity index (χ2n) is 6.56. The fourth-order valence-corrected chi connectivity index (χ4v) is 3.07. The summed E-state index contributed by atoms with van der Waals surface area (Å²) in [5, 5.41) is 2.93. The molecule has 1 N–H and O–H groups in total. The predicted octanol–water partition coefficient (Wildman–Crippen LogP) is 3.48. The lowest BCUT2D eigenvalue weighted by Gasteiger charge is -2.21. The zero-order valence-electron chi connectivity index (χ0n) is 16.8. The van der Waals surface area contributed by atoms with Crippen LogP contribution in [0.15, 0.2) is 66.9 Å². The number of hydrogen-bond donors (Lipinski definition) is 1. The van der Waals surface area contributed by atoms with E-state index in [-0.39, 0.29) is 5.91 Å². The fourth-order valence-electron chi connectivity index (χ4n) is 3.07. The highest BCUT2D eigenvalue weighted by molar-refractivity contribution is 5.92. The summed E-state index contributed by atoms with van der Waals surface area (Å²) in [4.78, 5) is 23.4. The SMILES string of the molecule is CCN(Cc1ccccc1)c1nccc(C(=O)NCCc2ccccc2OC)n1. The number of para-hydroxylation sites is 1. The minimum absolute atomic E-state index is 0.209. The van der Waals surface area contributed by atoms with Gasteiger partial charge in [-0.15, -0.1) is 0 Å². The van der Waals surface area contributed by atoms with E-state index in [0.717, 1.165) is 17.9 Å². The van der Waals surface area contributed by atoms with Gasteiger partial charge >= 0.3 is 0 Å². The standard InChI is InChI=1S/C23H26N4O2/c1-3-27(17-18-9-5-4-6-10-18)23-25-16-14-20(26-23)22(28)24-15-13-19-11-7-8-12-21(19)29-2/h4-12,14,16H,3,13,15,17H2,1-2H3,(H,24,28). The Kier molecular flexibility index (Phi) is 7.16. The van der Waals surface area contributed by atoms with Crippen LogP contribution in [0.1, 0.15) is 28.5 Å². The Morgan fingerprint density at radius 1 is 1.07 bits per heavy atom. The zero-order valence-corrected chi connectivity index (χ0v) is 16.8. The van der Waals surface area contributed by atoms with Crippen molar-refractivity contribution in [1.29, 1.82) is 0 Å². The number of carbonyl (C=O) groups excluding carboxylic acids is 1. The van der Waals surface area contributed by atoms with E-state index in [4.69, 9.17) is 4.74 Å². The molecule has 6 heteroatoms. The van der Waals surface area contributed by atoms with Crippen molar-refractivity contribution in [3.63, 3.8) is 0 Å². The van der Waals surface area contributed by atoms with Gasteiger partial charge in [-0.1, -0.05) is 48.5 Å².